The van der Waals surface area contributed by atoms with Crippen molar-refractivity contribution in [3.05, 3.63) is 105 Å². The summed E-state index contributed by atoms with van der Waals surface area (Å²) in [6.07, 6.45) is 0. The van der Waals surface area contributed by atoms with Gasteiger partial charge in [-0.15, -0.1) is 0 Å². The van der Waals surface area contributed by atoms with Crippen molar-refractivity contribution in [1.29, 1.82) is 0 Å². The van der Waals surface area contributed by atoms with E-state index in [9.17, 15) is 10.2 Å². The van der Waals surface area contributed by atoms with Gasteiger partial charge in [0.05, 0.1) is 11.4 Å². The Morgan fingerprint density at radius 3 is 1.06 bits per heavy atom. The molecule has 0 saturated heterocycles. The third-order valence-electron chi connectivity index (χ3n) is 9.52. The van der Waals surface area contributed by atoms with Crippen LogP contribution in [0, 0.1) is 13.8 Å². The molecule has 0 aromatic heterocycles. The zero-order chi connectivity index (χ0) is 37.7. The smallest absolute Gasteiger partial charge is 0.128 e. The fourth-order valence-corrected chi connectivity index (χ4v) is 6.24. The molecule has 0 amide bonds. The standard InChI is InChI=1S/C46H60N2O2.Zn/c1-27-17-19-33(39(21-27)47-29(3)35-23-31(43(5,6)7)25-37(41(35)49)45(11,12)13)34-20-18-28(2)22-40(34)48-30(4)36-24-32(44(8,9)10)26-38(42(36)50)46(14,15)16;/h17-26,49-50H,1-16H3;. The van der Waals surface area contributed by atoms with Gasteiger partial charge >= 0.3 is 0 Å². The molecule has 2 N–H and O–H groups in total. The second-order valence-electron chi connectivity index (χ2n) is 18.3. The van der Waals surface area contributed by atoms with Gasteiger partial charge in [0, 0.05) is 64.3 Å². The van der Waals surface area contributed by atoms with E-state index in [0.29, 0.717) is 0 Å². The minimum atomic E-state index is -0.240. The van der Waals surface area contributed by atoms with Gasteiger partial charge in [-0.05, 0) is 95.9 Å². The zero-order valence-corrected chi connectivity index (χ0v) is 37.2. The SMILES string of the molecule is CC(=Nc1cc(C)ccc1-c1ccc(C)cc1N=C(C)c1cc(C(C)(C)C)cc(C(C)(C)C)c1O)c1cc(C(C)(C)C)cc(C(C)(C)C)c1O.[Zn]. The summed E-state index contributed by atoms with van der Waals surface area (Å²) in [6.45, 7) is 34.1. The van der Waals surface area contributed by atoms with Gasteiger partial charge in [0.1, 0.15) is 11.5 Å². The number of nitrogens with zero attached hydrogens (tertiary/aromatic N) is 2. The van der Waals surface area contributed by atoms with Crippen molar-refractivity contribution in [1.82, 2.24) is 0 Å². The summed E-state index contributed by atoms with van der Waals surface area (Å²) in [4.78, 5) is 10.5. The monoisotopic (exact) mass is 736 g/mol. The molecule has 0 radical (unpaired) electrons. The minimum Gasteiger partial charge on any atom is -0.507 e. The minimum absolute atomic E-state index is 0. The number of rotatable bonds is 5. The van der Waals surface area contributed by atoms with Crippen LogP contribution in [0.4, 0.5) is 11.4 Å². The van der Waals surface area contributed by atoms with Crippen molar-refractivity contribution >= 4 is 22.8 Å². The van der Waals surface area contributed by atoms with E-state index < -0.39 is 0 Å². The van der Waals surface area contributed by atoms with E-state index in [2.05, 4.69) is 158 Å². The summed E-state index contributed by atoms with van der Waals surface area (Å²) in [5.74, 6) is 0.563. The molecule has 0 aliphatic rings. The maximum Gasteiger partial charge on any atom is 0.128 e. The summed E-state index contributed by atoms with van der Waals surface area (Å²) < 4.78 is 0. The molecule has 4 aromatic rings. The molecule has 0 aliphatic carbocycles. The number of phenols is 2. The van der Waals surface area contributed by atoms with Crippen molar-refractivity contribution in [2.45, 2.75) is 132 Å². The average molecular weight is 738 g/mol. The molecule has 0 atom stereocenters. The zero-order valence-electron chi connectivity index (χ0n) is 34.3. The predicted octanol–water partition coefficient (Wildman–Crippen LogP) is 12.9. The second kappa shape index (κ2) is 14.8. The van der Waals surface area contributed by atoms with E-state index in [1.165, 1.54) is 0 Å². The van der Waals surface area contributed by atoms with Crippen LogP contribution in [0.25, 0.3) is 11.1 Å². The fourth-order valence-electron chi connectivity index (χ4n) is 6.24. The molecule has 4 nitrogen and oxygen atoms in total. The first-order valence-electron chi connectivity index (χ1n) is 17.9. The molecule has 0 heterocycles. The summed E-state index contributed by atoms with van der Waals surface area (Å²) in [7, 11) is 0. The van der Waals surface area contributed by atoms with Crippen LogP contribution in [0.2, 0.25) is 0 Å². The first-order chi connectivity index (χ1) is 22.8. The van der Waals surface area contributed by atoms with Gasteiger partial charge in [0.2, 0.25) is 0 Å². The van der Waals surface area contributed by atoms with Crippen LogP contribution >= 0.6 is 0 Å². The van der Waals surface area contributed by atoms with Gasteiger partial charge < -0.3 is 10.2 Å². The Balaban J connectivity index is 0.00000702. The summed E-state index contributed by atoms with van der Waals surface area (Å²) in [5.41, 5.74) is 12.2. The van der Waals surface area contributed by atoms with Crippen molar-refractivity contribution in [3.8, 4) is 22.6 Å². The molecule has 51 heavy (non-hydrogen) atoms. The van der Waals surface area contributed by atoms with Gasteiger partial charge in [-0.3, -0.25) is 9.98 Å². The number of aromatic hydroxyl groups is 2. The normalized spacial score (nSPS) is 13.3. The van der Waals surface area contributed by atoms with Gasteiger partial charge in [-0.2, -0.15) is 0 Å². The molecule has 0 spiro atoms. The molecule has 4 aromatic carbocycles. The molecule has 0 aliphatic heterocycles. The quantitative estimate of drug-likeness (QED) is 0.158. The topological polar surface area (TPSA) is 65.2 Å². The fraction of sp³-hybridized carbons (Fsp3) is 0.435. The Labute approximate surface area is 321 Å². The number of hydrogen-bond donors (Lipinski definition) is 2. The molecular weight excluding hydrogens is 678 g/mol. The Morgan fingerprint density at radius 1 is 0.471 bits per heavy atom. The summed E-state index contributed by atoms with van der Waals surface area (Å²) in [5, 5.41) is 23.3. The summed E-state index contributed by atoms with van der Waals surface area (Å²) in [6, 6.07) is 21.1. The van der Waals surface area contributed by atoms with Crippen LogP contribution < -0.4 is 0 Å². The van der Waals surface area contributed by atoms with Crippen molar-refractivity contribution < 1.29 is 29.7 Å². The summed E-state index contributed by atoms with van der Waals surface area (Å²) >= 11 is 0. The molecule has 0 unspecified atom stereocenters. The third-order valence-corrected chi connectivity index (χ3v) is 9.52. The maximum absolute atomic E-state index is 11.6. The van der Waals surface area contributed by atoms with Crippen LogP contribution in [-0.2, 0) is 41.1 Å². The largest absolute Gasteiger partial charge is 0.507 e. The van der Waals surface area contributed by atoms with Gasteiger partial charge in [-0.25, -0.2) is 0 Å². The predicted molar refractivity (Wildman–Crippen MR) is 216 cm³/mol. The number of hydrogen-bond acceptors (Lipinski definition) is 4. The molecule has 268 valence electrons. The maximum atomic E-state index is 11.6. The first kappa shape index (κ1) is 41.9. The van der Waals surface area contributed by atoms with E-state index in [-0.39, 0.29) is 52.6 Å². The van der Waals surface area contributed by atoms with Crippen LogP contribution in [-0.4, -0.2) is 21.6 Å². The van der Waals surface area contributed by atoms with Crippen molar-refractivity contribution in [2.75, 3.05) is 0 Å². The van der Waals surface area contributed by atoms with Crippen LogP contribution in [0.1, 0.15) is 141 Å². The van der Waals surface area contributed by atoms with Gasteiger partial charge in [-0.1, -0.05) is 119 Å². The van der Waals surface area contributed by atoms with E-state index in [1.807, 2.05) is 13.8 Å². The van der Waals surface area contributed by atoms with E-state index >= 15 is 0 Å². The number of aliphatic imine (C=N–C) groups is 2. The Kier molecular flexibility index (Phi) is 12.2. The van der Waals surface area contributed by atoms with Crippen molar-refractivity contribution in [2.24, 2.45) is 9.98 Å². The van der Waals surface area contributed by atoms with E-state index in [1.54, 1.807) is 0 Å². The van der Waals surface area contributed by atoms with Crippen LogP contribution in [0.15, 0.2) is 70.6 Å². The van der Waals surface area contributed by atoms with E-state index in [0.717, 1.165) is 78.4 Å². The number of phenolic OH excluding ortho intramolecular Hbond substituents is 2. The van der Waals surface area contributed by atoms with Crippen LogP contribution in [0.5, 0.6) is 11.5 Å². The van der Waals surface area contributed by atoms with Crippen LogP contribution in [0.3, 0.4) is 0 Å². The average Bonchev–Trinajstić information content (AvgIpc) is 2.95. The molecule has 4 rings (SSSR count). The van der Waals surface area contributed by atoms with Gasteiger partial charge in [0.15, 0.2) is 0 Å². The van der Waals surface area contributed by atoms with Gasteiger partial charge in [0.25, 0.3) is 0 Å². The Morgan fingerprint density at radius 2 is 0.784 bits per heavy atom. The molecular formula is C46H60N2O2Zn. The molecule has 0 saturated carbocycles. The molecule has 0 bridgehead atoms. The Bertz CT molecular complexity index is 1840. The first-order valence-corrected chi connectivity index (χ1v) is 17.9. The Hall–Kier alpha value is -3.56. The van der Waals surface area contributed by atoms with Crippen molar-refractivity contribution in [3.63, 3.8) is 0 Å². The third kappa shape index (κ3) is 9.47. The van der Waals surface area contributed by atoms with E-state index in [4.69, 9.17) is 9.98 Å². The molecule has 0 fully saturated rings. The second-order valence-corrected chi connectivity index (χ2v) is 18.3. The number of aryl methyl sites for hydroxylation is 2. The molecule has 5 heteroatoms. The number of benzene rings is 4.